The van der Waals surface area contributed by atoms with Crippen molar-refractivity contribution < 1.29 is 28.6 Å². The van der Waals surface area contributed by atoms with E-state index in [0.717, 1.165) is 0 Å². The highest BCUT2D eigenvalue weighted by Crippen LogP contribution is 2.35. The lowest BCUT2D eigenvalue weighted by Gasteiger charge is -2.20. The molecule has 9 heteroatoms. The number of carbonyl (C=O) groups is 2. The Morgan fingerprint density at radius 2 is 1.94 bits per heavy atom. The van der Waals surface area contributed by atoms with Crippen LogP contribution in [0.2, 0.25) is 0 Å². The minimum atomic E-state index is -3.26. The van der Waals surface area contributed by atoms with E-state index in [0.29, 0.717) is 9.91 Å². The van der Waals surface area contributed by atoms with Gasteiger partial charge in [-0.15, -0.1) is 0 Å². The third kappa shape index (κ3) is 1.43. The summed E-state index contributed by atoms with van der Waals surface area (Å²) in [6.07, 6.45) is -2.88. The number of nitrogens with zero attached hydrogens (tertiary/aromatic N) is 2. The second-order valence-corrected chi connectivity index (χ2v) is 3.74. The fourth-order valence-electron chi connectivity index (χ4n) is 2.04. The summed E-state index contributed by atoms with van der Waals surface area (Å²) in [6.45, 7) is -1.19. The molecule has 2 saturated heterocycles. The molecule has 7 nitrogen and oxygen atoms in total. The molecule has 0 saturated carbocycles. The number of halogens is 2. The molecule has 0 aromatic carbocycles. The van der Waals surface area contributed by atoms with Crippen molar-refractivity contribution in [2.75, 3.05) is 13.1 Å². The molecule has 0 bridgehead atoms. The molecule has 0 spiro atoms. The van der Waals surface area contributed by atoms with E-state index in [9.17, 15) is 18.4 Å². The minimum absolute atomic E-state index is 0.290. The number of rotatable bonds is 0. The number of nitrogens with one attached hydrogen (secondary N) is 1. The van der Waals surface area contributed by atoms with Crippen LogP contribution in [0.5, 0.6) is 0 Å². The van der Waals surface area contributed by atoms with Crippen molar-refractivity contribution in [3.63, 3.8) is 0 Å². The maximum absolute atomic E-state index is 13.4. The number of carboxylic acid groups (broad SMARTS) is 2. The van der Waals surface area contributed by atoms with E-state index < -0.39 is 36.7 Å². The van der Waals surface area contributed by atoms with Crippen molar-refractivity contribution >= 4 is 12.2 Å². The van der Waals surface area contributed by atoms with Crippen LogP contribution in [0.4, 0.5) is 18.4 Å². The first-order valence-electron chi connectivity index (χ1n) is 4.47. The van der Waals surface area contributed by atoms with E-state index in [1.165, 1.54) is 0 Å². The Hall–Kier alpha value is -1.64. The maximum Gasteiger partial charge on any atom is 0.421 e. The Morgan fingerprint density at radius 1 is 1.31 bits per heavy atom. The van der Waals surface area contributed by atoms with E-state index >= 15 is 0 Å². The number of hydrogen-bond acceptors (Lipinski definition) is 3. The van der Waals surface area contributed by atoms with Gasteiger partial charge in [0.05, 0.1) is 19.1 Å². The van der Waals surface area contributed by atoms with Crippen LogP contribution in [-0.4, -0.2) is 63.4 Å². The van der Waals surface area contributed by atoms with Crippen LogP contribution in [-0.2, 0) is 0 Å². The van der Waals surface area contributed by atoms with Crippen molar-refractivity contribution in [2.24, 2.45) is 0 Å². The molecule has 2 amide bonds. The molecular formula is C7H9F2N3O4. The lowest BCUT2D eigenvalue weighted by Crippen LogP contribution is -2.47. The first-order valence-corrected chi connectivity index (χ1v) is 4.47. The van der Waals surface area contributed by atoms with Crippen molar-refractivity contribution in [3.8, 4) is 0 Å². The largest absolute Gasteiger partial charge is 0.465 e. The molecule has 0 aromatic heterocycles. The lowest BCUT2D eigenvalue weighted by molar-refractivity contribution is -0.0206. The summed E-state index contributed by atoms with van der Waals surface area (Å²) < 4.78 is 26.7. The van der Waals surface area contributed by atoms with E-state index in [1.807, 2.05) is 0 Å². The number of hydrogen-bond donors (Lipinski definition) is 3. The predicted molar refractivity (Wildman–Crippen MR) is 45.1 cm³/mol. The van der Waals surface area contributed by atoms with E-state index in [1.54, 1.807) is 0 Å². The Balaban J connectivity index is 2.22. The van der Waals surface area contributed by atoms with E-state index in [2.05, 4.69) is 5.43 Å². The highest BCUT2D eigenvalue weighted by atomic mass is 19.3. The zero-order valence-electron chi connectivity index (χ0n) is 7.93. The van der Waals surface area contributed by atoms with Gasteiger partial charge in [0.15, 0.2) is 0 Å². The Labute approximate surface area is 88.2 Å². The monoisotopic (exact) mass is 237 g/mol. The summed E-state index contributed by atoms with van der Waals surface area (Å²) >= 11 is 0. The number of hydrazine groups is 1. The number of alkyl halides is 2. The summed E-state index contributed by atoms with van der Waals surface area (Å²) in [5.74, 6) is -3.26. The highest BCUT2D eigenvalue weighted by molar-refractivity contribution is 5.68. The van der Waals surface area contributed by atoms with Crippen LogP contribution in [0.3, 0.4) is 0 Å². The lowest BCUT2D eigenvalue weighted by atomic mass is 10.1. The predicted octanol–water partition coefficient (Wildman–Crippen LogP) is -0.149. The normalized spacial score (nSPS) is 31.6. The average molecular weight is 237 g/mol. The summed E-state index contributed by atoms with van der Waals surface area (Å²) in [6, 6.07) is -2.51. The Kier molecular flexibility index (Phi) is 2.15. The zero-order chi connectivity index (χ0) is 12.1. The van der Waals surface area contributed by atoms with Gasteiger partial charge < -0.3 is 10.2 Å². The van der Waals surface area contributed by atoms with Crippen LogP contribution < -0.4 is 5.43 Å². The number of likely N-dealkylation sites (tertiary alicyclic amines) is 1. The fourth-order valence-corrected chi connectivity index (χ4v) is 2.04. The molecule has 0 aromatic rings. The van der Waals surface area contributed by atoms with Crippen LogP contribution in [0.25, 0.3) is 0 Å². The highest BCUT2D eigenvalue weighted by Gasteiger charge is 2.60. The van der Waals surface area contributed by atoms with Gasteiger partial charge in [0, 0.05) is 0 Å². The van der Waals surface area contributed by atoms with Gasteiger partial charge in [-0.2, -0.15) is 0 Å². The van der Waals surface area contributed by atoms with E-state index in [4.69, 9.17) is 10.2 Å². The van der Waals surface area contributed by atoms with Gasteiger partial charge in [0.2, 0.25) is 0 Å². The van der Waals surface area contributed by atoms with Gasteiger partial charge >= 0.3 is 12.2 Å². The summed E-state index contributed by atoms with van der Waals surface area (Å²) in [4.78, 5) is 21.9. The van der Waals surface area contributed by atoms with Gasteiger partial charge in [0.25, 0.3) is 5.92 Å². The van der Waals surface area contributed by atoms with Crippen molar-refractivity contribution in [3.05, 3.63) is 0 Å². The first-order chi connectivity index (χ1) is 7.33. The maximum atomic E-state index is 13.4. The van der Waals surface area contributed by atoms with Crippen LogP contribution in [0.1, 0.15) is 0 Å². The van der Waals surface area contributed by atoms with Gasteiger partial charge in [-0.3, -0.25) is 4.90 Å². The molecule has 2 aliphatic heterocycles. The second kappa shape index (κ2) is 3.17. The summed E-state index contributed by atoms with van der Waals surface area (Å²) in [7, 11) is 0. The molecule has 3 N–H and O–H groups in total. The first kappa shape index (κ1) is 10.9. The smallest absolute Gasteiger partial charge is 0.421 e. The van der Waals surface area contributed by atoms with Crippen molar-refractivity contribution in [2.45, 2.75) is 18.0 Å². The zero-order valence-corrected chi connectivity index (χ0v) is 7.93. The van der Waals surface area contributed by atoms with Gasteiger partial charge in [-0.1, -0.05) is 0 Å². The van der Waals surface area contributed by atoms with Crippen LogP contribution >= 0.6 is 0 Å². The standard InChI is InChI=1S/C7H9F2N3O4/c8-7(9)2-11(5(13)14)3-1-12(6(15)16)10-4(3)7/h3-4,10H,1-2H2,(H,13,14)(H,15,16). The van der Waals surface area contributed by atoms with Crippen molar-refractivity contribution in [1.29, 1.82) is 0 Å². The van der Waals surface area contributed by atoms with Crippen molar-refractivity contribution in [1.82, 2.24) is 15.3 Å². The molecule has 2 rings (SSSR count). The molecule has 2 aliphatic rings. The average Bonchev–Trinajstić information content (AvgIpc) is 2.65. The summed E-state index contributed by atoms with van der Waals surface area (Å²) in [5.41, 5.74) is 2.11. The molecule has 2 fully saturated rings. The Bertz CT molecular complexity index is 351. The second-order valence-electron chi connectivity index (χ2n) is 3.74. The third-order valence-corrected chi connectivity index (χ3v) is 2.76. The van der Waals surface area contributed by atoms with Gasteiger partial charge in [0.1, 0.15) is 6.04 Å². The quantitative estimate of drug-likeness (QED) is 0.544. The molecule has 16 heavy (non-hydrogen) atoms. The molecule has 0 radical (unpaired) electrons. The van der Waals surface area contributed by atoms with Gasteiger partial charge in [-0.05, 0) is 0 Å². The van der Waals surface area contributed by atoms with Crippen LogP contribution in [0, 0.1) is 0 Å². The fraction of sp³-hybridized carbons (Fsp3) is 0.714. The molecule has 2 unspecified atom stereocenters. The minimum Gasteiger partial charge on any atom is -0.465 e. The molecular weight excluding hydrogens is 228 g/mol. The summed E-state index contributed by atoms with van der Waals surface area (Å²) in [5, 5.41) is 17.9. The van der Waals surface area contributed by atoms with E-state index in [-0.39, 0.29) is 6.54 Å². The molecule has 0 aliphatic carbocycles. The number of fused-ring (bicyclic) bond motifs is 1. The van der Waals surface area contributed by atoms with Gasteiger partial charge in [-0.25, -0.2) is 28.8 Å². The Morgan fingerprint density at radius 3 is 2.44 bits per heavy atom. The number of amides is 2. The third-order valence-electron chi connectivity index (χ3n) is 2.76. The SMILES string of the molecule is O=C(O)N1CC2C(N1)C(F)(F)CN2C(=O)O. The topological polar surface area (TPSA) is 93.1 Å². The van der Waals surface area contributed by atoms with Crippen LogP contribution in [0.15, 0.2) is 0 Å². The molecule has 90 valence electrons. The molecule has 2 atom stereocenters. The molecule has 2 heterocycles.